The number of hydrogen-bond donors (Lipinski definition) is 0. The first kappa shape index (κ1) is 20.9. The second-order valence-electron chi connectivity index (χ2n) is 7.81. The molecule has 4 rings (SSSR count). The van der Waals surface area contributed by atoms with E-state index in [2.05, 4.69) is 0 Å². The zero-order valence-corrected chi connectivity index (χ0v) is 17.5. The molecule has 1 amide bonds. The molecular formula is C24H25NO6. The summed E-state index contributed by atoms with van der Waals surface area (Å²) in [5.41, 5.74) is 0.368. The van der Waals surface area contributed by atoms with Gasteiger partial charge in [0.25, 0.3) is 0 Å². The summed E-state index contributed by atoms with van der Waals surface area (Å²) in [7, 11) is 0. The van der Waals surface area contributed by atoms with E-state index < -0.39 is 11.4 Å². The minimum Gasteiger partial charge on any atom is -0.486 e. The van der Waals surface area contributed by atoms with E-state index in [1.807, 2.05) is 30.3 Å². The molecule has 31 heavy (non-hydrogen) atoms. The second-order valence-corrected chi connectivity index (χ2v) is 7.81. The normalized spacial score (nSPS) is 17.0. The zero-order valence-electron chi connectivity index (χ0n) is 17.5. The van der Waals surface area contributed by atoms with Gasteiger partial charge in [0.1, 0.15) is 13.2 Å². The van der Waals surface area contributed by atoms with Gasteiger partial charge in [-0.15, -0.1) is 0 Å². The van der Waals surface area contributed by atoms with E-state index in [-0.39, 0.29) is 18.3 Å². The lowest BCUT2D eigenvalue weighted by Crippen LogP contribution is -2.49. The monoisotopic (exact) mass is 423 g/mol. The lowest BCUT2D eigenvalue weighted by Gasteiger charge is -2.40. The highest BCUT2D eigenvalue weighted by Gasteiger charge is 2.45. The zero-order chi connectivity index (χ0) is 21.8. The number of benzene rings is 2. The number of carbonyl (C=O) groups is 3. The van der Waals surface area contributed by atoms with Gasteiger partial charge in [-0.05, 0) is 36.6 Å². The standard InChI is InChI=1S/C24H25NO6/c1-17(26)25-11-9-24(10-12-25,19-5-3-2-4-6-19)23(28)31-16-20(27)18-7-8-21-22(15-18)30-14-13-29-21/h2-8,15H,9-14,16H2,1H3. The highest BCUT2D eigenvalue weighted by atomic mass is 16.6. The SMILES string of the molecule is CC(=O)N1CCC(C(=O)OCC(=O)c2ccc3c(c2)OCCO3)(c2ccccc2)CC1. The summed E-state index contributed by atoms with van der Waals surface area (Å²) in [4.78, 5) is 39.4. The van der Waals surface area contributed by atoms with Crippen molar-refractivity contribution in [2.75, 3.05) is 32.9 Å². The van der Waals surface area contributed by atoms with Gasteiger partial charge >= 0.3 is 5.97 Å². The van der Waals surface area contributed by atoms with Gasteiger partial charge in [-0.3, -0.25) is 14.4 Å². The predicted octanol–water partition coefficient (Wildman–Crippen LogP) is 2.76. The molecule has 0 N–H and O–H groups in total. The van der Waals surface area contributed by atoms with Gasteiger partial charge in [0.05, 0.1) is 5.41 Å². The number of likely N-dealkylation sites (tertiary alicyclic amines) is 1. The maximum absolute atomic E-state index is 13.2. The first-order chi connectivity index (χ1) is 15.0. The first-order valence-corrected chi connectivity index (χ1v) is 10.4. The van der Waals surface area contributed by atoms with Gasteiger partial charge in [0, 0.05) is 25.6 Å². The Morgan fingerprint density at radius 2 is 1.65 bits per heavy atom. The third-order valence-corrected chi connectivity index (χ3v) is 5.98. The van der Waals surface area contributed by atoms with Crippen molar-refractivity contribution >= 4 is 17.7 Å². The molecule has 0 bridgehead atoms. The van der Waals surface area contributed by atoms with Crippen LogP contribution in [-0.4, -0.2) is 55.5 Å². The Bertz CT molecular complexity index is 979. The van der Waals surface area contributed by atoms with Crippen LogP contribution in [-0.2, 0) is 19.7 Å². The van der Waals surface area contributed by atoms with Crippen molar-refractivity contribution in [2.24, 2.45) is 0 Å². The topological polar surface area (TPSA) is 82.1 Å². The number of carbonyl (C=O) groups excluding carboxylic acids is 3. The van der Waals surface area contributed by atoms with Crippen molar-refractivity contribution < 1.29 is 28.6 Å². The van der Waals surface area contributed by atoms with Gasteiger partial charge in [-0.25, -0.2) is 0 Å². The van der Waals surface area contributed by atoms with E-state index in [9.17, 15) is 14.4 Å². The third-order valence-electron chi connectivity index (χ3n) is 5.98. The maximum atomic E-state index is 13.2. The molecule has 2 aliphatic heterocycles. The van der Waals surface area contributed by atoms with Crippen LogP contribution in [0.25, 0.3) is 0 Å². The number of piperidine rings is 1. The van der Waals surface area contributed by atoms with Crippen molar-refractivity contribution in [3.63, 3.8) is 0 Å². The van der Waals surface area contributed by atoms with E-state index in [0.717, 1.165) is 5.56 Å². The number of rotatable bonds is 5. The molecular weight excluding hydrogens is 398 g/mol. The number of nitrogens with zero attached hydrogens (tertiary/aromatic N) is 1. The van der Waals surface area contributed by atoms with E-state index in [1.165, 1.54) is 6.92 Å². The summed E-state index contributed by atoms with van der Waals surface area (Å²) in [5.74, 6) is 0.354. The quantitative estimate of drug-likeness (QED) is 0.543. The van der Waals surface area contributed by atoms with Crippen molar-refractivity contribution in [3.05, 3.63) is 59.7 Å². The minimum atomic E-state index is -0.875. The van der Waals surface area contributed by atoms with Crippen LogP contribution < -0.4 is 9.47 Å². The predicted molar refractivity (Wildman–Crippen MR) is 112 cm³/mol. The molecule has 0 spiro atoms. The van der Waals surface area contributed by atoms with Gasteiger partial charge < -0.3 is 19.1 Å². The Balaban J connectivity index is 1.48. The number of hydrogen-bond acceptors (Lipinski definition) is 6. The van der Waals surface area contributed by atoms with Crippen LogP contribution in [0.1, 0.15) is 35.7 Å². The molecule has 0 aromatic heterocycles. The number of esters is 1. The van der Waals surface area contributed by atoms with Crippen LogP contribution in [0.3, 0.4) is 0 Å². The molecule has 2 aliphatic rings. The summed E-state index contributed by atoms with van der Waals surface area (Å²) in [6.45, 7) is 3.01. The molecule has 1 fully saturated rings. The summed E-state index contributed by atoms with van der Waals surface area (Å²) >= 11 is 0. The number of ether oxygens (including phenoxy) is 3. The molecule has 0 atom stereocenters. The Kier molecular flexibility index (Phi) is 5.93. The molecule has 0 unspecified atom stereocenters. The molecule has 162 valence electrons. The van der Waals surface area contributed by atoms with Crippen LogP contribution in [0.5, 0.6) is 11.5 Å². The van der Waals surface area contributed by atoms with Gasteiger partial charge in [-0.2, -0.15) is 0 Å². The smallest absolute Gasteiger partial charge is 0.317 e. The van der Waals surface area contributed by atoms with Crippen molar-refractivity contribution in [3.8, 4) is 11.5 Å². The Morgan fingerprint density at radius 1 is 0.968 bits per heavy atom. The van der Waals surface area contributed by atoms with Crippen LogP contribution in [0, 0.1) is 0 Å². The first-order valence-electron chi connectivity index (χ1n) is 10.4. The van der Waals surface area contributed by atoms with Gasteiger partial charge in [0.15, 0.2) is 23.9 Å². The lowest BCUT2D eigenvalue weighted by molar-refractivity contribution is -0.153. The molecule has 2 aromatic carbocycles. The fraction of sp³-hybridized carbons (Fsp3) is 0.375. The van der Waals surface area contributed by atoms with Crippen LogP contribution >= 0.6 is 0 Å². The molecule has 0 saturated carbocycles. The molecule has 2 aromatic rings. The Hall–Kier alpha value is -3.35. The molecule has 7 heteroatoms. The van der Waals surface area contributed by atoms with Crippen LogP contribution in [0.2, 0.25) is 0 Å². The maximum Gasteiger partial charge on any atom is 0.317 e. The number of fused-ring (bicyclic) bond motifs is 1. The Labute approximate surface area is 180 Å². The van der Waals surface area contributed by atoms with Crippen molar-refractivity contribution in [1.29, 1.82) is 0 Å². The summed E-state index contributed by atoms with van der Waals surface area (Å²) in [6, 6.07) is 14.4. The molecule has 1 saturated heterocycles. The number of amides is 1. The average Bonchev–Trinajstić information content (AvgIpc) is 2.82. The summed E-state index contributed by atoms with van der Waals surface area (Å²) in [6.07, 6.45) is 0.904. The number of Topliss-reactive ketones (excluding diaryl/α,β-unsaturated/α-hetero) is 1. The summed E-state index contributed by atoms with van der Waals surface area (Å²) in [5, 5.41) is 0. The van der Waals surface area contributed by atoms with Gasteiger partial charge in [0.2, 0.25) is 5.91 Å². The van der Waals surface area contributed by atoms with E-state index in [4.69, 9.17) is 14.2 Å². The van der Waals surface area contributed by atoms with Gasteiger partial charge in [-0.1, -0.05) is 30.3 Å². The summed E-state index contributed by atoms with van der Waals surface area (Å²) < 4.78 is 16.5. The fourth-order valence-corrected chi connectivity index (χ4v) is 4.14. The highest BCUT2D eigenvalue weighted by Crippen LogP contribution is 2.37. The van der Waals surface area contributed by atoms with Crippen molar-refractivity contribution in [1.82, 2.24) is 4.90 Å². The fourth-order valence-electron chi connectivity index (χ4n) is 4.14. The molecule has 0 aliphatic carbocycles. The third kappa shape index (κ3) is 4.26. The lowest BCUT2D eigenvalue weighted by atomic mass is 9.72. The molecule has 2 heterocycles. The molecule has 0 radical (unpaired) electrons. The Morgan fingerprint density at radius 3 is 2.32 bits per heavy atom. The molecule has 7 nitrogen and oxygen atoms in total. The van der Waals surface area contributed by atoms with E-state index >= 15 is 0 Å². The van der Waals surface area contributed by atoms with Crippen molar-refractivity contribution in [2.45, 2.75) is 25.2 Å². The van der Waals surface area contributed by atoms with Crippen LogP contribution in [0.4, 0.5) is 0 Å². The van der Waals surface area contributed by atoms with E-state index in [1.54, 1.807) is 23.1 Å². The van der Waals surface area contributed by atoms with Crippen LogP contribution in [0.15, 0.2) is 48.5 Å². The second kappa shape index (κ2) is 8.79. The van der Waals surface area contributed by atoms with E-state index in [0.29, 0.717) is 56.2 Å². The average molecular weight is 423 g/mol. The largest absolute Gasteiger partial charge is 0.486 e. The highest BCUT2D eigenvalue weighted by molar-refractivity contribution is 5.99. The number of ketones is 1. The minimum absolute atomic E-state index is 0.0104.